The van der Waals surface area contributed by atoms with Crippen molar-refractivity contribution in [2.75, 3.05) is 31.8 Å². The Balaban J connectivity index is 1.44. The molecule has 0 spiro atoms. The summed E-state index contributed by atoms with van der Waals surface area (Å²) in [5.74, 6) is 1.91. The Morgan fingerprint density at radius 3 is 2.89 bits per heavy atom. The number of carbonyl (C=O) groups excluding carboxylic acids is 1. The monoisotopic (exact) mass is 376 g/mol. The second-order valence-corrected chi connectivity index (χ2v) is 7.94. The Morgan fingerprint density at radius 1 is 1.14 bits per heavy atom. The smallest absolute Gasteiger partial charge is 0.251 e. The number of benzene rings is 2. The Labute approximate surface area is 165 Å². The number of anilines is 1. The SMILES string of the molecule is Cc1ccc2c(c1)[C@H]1CN(C)CC[C@@H]1N2C(=O)/C=C/c1ccc2c(c1)OCO2. The largest absolute Gasteiger partial charge is 0.454 e. The number of likely N-dealkylation sites (tertiary alicyclic amines) is 1. The number of likely N-dealkylation sites (N-methyl/N-ethyl adjacent to an activating group) is 1. The van der Waals surface area contributed by atoms with Gasteiger partial charge in [0, 0.05) is 30.3 Å². The number of hydrogen-bond donors (Lipinski definition) is 0. The number of hydrogen-bond acceptors (Lipinski definition) is 4. The second kappa shape index (κ2) is 6.67. The van der Waals surface area contributed by atoms with Crippen LogP contribution in [0.3, 0.4) is 0 Å². The van der Waals surface area contributed by atoms with Gasteiger partial charge >= 0.3 is 0 Å². The lowest BCUT2D eigenvalue weighted by Crippen LogP contribution is -2.46. The minimum absolute atomic E-state index is 0.0415. The molecule has 0 N–H and O–H groups in total. The molecule has 0 unspecified atom stereocenters. The van der Waals surface area contributed by atoms with Crippen LogP contribution in [-0.4, -0.2) is 43.8 Å². The van der Waals surface area contributed by atoms with Gasteiger partial charge in [0.15, 0.2) is 11.5 Å². The fraction of sp³-hybridized carbons (Fsp3) is 0.348. The molecule has 2 aromatic rings. The summed E-state index contributed by atoms with van der Waals surface area (Å²) in [6, 6.07) is 12.4. The van der Waals surface area contributed by atoms with Gasteiger partial charge in [0.1, 0.15) is 0 Å². The summed E-state index contributed by atoms with van der Waals surface area (Å²) in [4.78, 5) is 17.6. The van der Waals surface area contributed by atoms with E-state index in [4.69, 9.17) is 9.47 Å². The molecule has 1 fully saturated rings. The minimum atomic E-state index is 0.0415. The standard InChI is InChI=1S/C23H24N2O3/c1-15-3-6-19-17(11-15)18-13-24(2)10-9-20(18)25(19)23(26)8-5-16-4-7-21-22(12-16)28-14-27-21/h3-8,11-12,18,20H,9-10,13-14H2,1-2H3/b8-5+/t18-,20+/m1/s1. The lowest BCUT2D eigenvalue weighted by molar-refractivity contribution is -0.114. The number of amides is 1. The fourth-order valence-electron chi connectivity index (χ4n) is 4.63. The summed E-state index contributed by atoms with van der Waals surface area (Å²) in [5.41, 5.74) is 4.55. The van der Waals surface area contributed by atoms with Crippen molar-refractivity contribution in [2.45, 2.75) is 25.3 Å². The van der Waals surface area contributed by atoms with Crippen molar-refractivity contribution in [3.63, 3.8) is 0 Å². The molecule has 2 atom stereocenters. The van der Waals surface area contributed by atoms with Crippen LogP contribution in [-0.2, 0) is 4.79 Å². The van der Waals surface area contributed by atoms with Gasteiger partial charge in [-0.05, 0) is 62.3 Å². The van der Waals surface area contributed by atoms with Crippen LogP contribution in [0.4, 0.5) is 5.69 Å². The third kappa shape index (κ3) is 2.87. The fourth-order valence-corrected chi connectivity index (χ4v) is 4.63. The van der Waals surface area contributed by atoms with Crippen LogP contribution in [0.25, 0.3) is 6.08 Å². The van der Waals surface area contributed by atoms with E-state index in [1.165, 1.54) is 11.1 Å². The Hall–Kier alpha value is -2.79. The van der Waals surface area contributed by atoms with Crippen molar-refractivity contribution < 1.29 is 14.3 Å². The number of fused-ring (bicyclic) bond motifs is 4. The third-order valence-corrected chi connectivity index (χ3v) is 6.01. The van der Waals surface area contributed by atoms with E-state index < -0.39 is 0 Å². The van der Waals surface area contributed by atoms with Crippen LogP contribution < -0.4 is 14.4 Å². The third-order valence-electron chi connectivity index (χ3n) is 6.01. The van der Waals surface area contributed by atoms with Gasteiger partial charge in [0.05, 0.1) is 0 Å². The van der Waals surface area contributed by atoms with Crippen LogP contribution in [0.15, 0.2) is 42.5 Å². The maximum atomic E-state index is 13.2. The molecule has 0 radical (unpaired) electrons. The molecule has 2 aromatic carbocycles. The van der Waals surface area contributed by atoms with Gasteiger partial charge in [-0.25, -0.2) is 0 Å². The zero-order valence-electron chi connectivity index (χ0n) is 16.2. The molecule has 3 aliphatic rings. The summed E-state index contributed by atoms with van der Waals surface area (Å²) >= 11 is 0. The molecule has 144 valence electrons. The van der Waals surface area contributed by atoms with Gasteiger partial charge < -0.3 is 19.3 Å². The van der Waals surface area contributed by atoms with Crippen molar-refractivity contribution in [3.8, 4) is 11.5 Å². The number of aryl methyl sites for hydroxylation is 1. The van der Waals surface area contributed by atoms with Crippen molar-refractivity contribution in [1.82, 2.24) is 4.90 Å². The number of nitrogens with zero attached hydrogens (tertiary/aromatic N) is 2. The Bertz CT molecular complexity index is 968. The van der Waals surface area contributed by atoms with Crippen LogP contribution in [0.1, 0.15) is 29.0 Å². The Morgan fingerprint density at radius 2 is 2.00 bits per heavy atom. The summed E-state index contributed by atoms with van der Waals surface area (Å²) in [6.45, 7) is 4.38. The lowest BCUT2D eigenvalue weighted by Gasteiger charge is -2.36. The molecule has 0 aromatic heterocycles. The summed E-state index contributed by atoms with van der Waals surface area (Å²) in [6.07, 6.45) is 4.54. The molecule has 5 heteroatoms. The zero-order valence-corrected chi connectivity index (χ0v) is 16.2. The summed E-state index contributed by atoms with van der Waals surface area (Å²) in [5, 5.41) is 0. The summed E-state index contributed by atoms with van der Waals surface area (Å²) < 4.78 is 10.8. The normalized spacial score (nSPS) is 23.1. The average molecular weight is 376 g/mol. The average Bonchev–Trinajstić information content (AvgIpc) is 3.27. The maximum Gasteiger partial charge on any atom is 0.251 e. The van der Waals surface area contributed by atoms with Crippen LogP contribution in [0.2, 0.25) is 0 Å². The predicted molar refractivity (Wildman–Crippen MR) is 109 cm³/mol. The molecule has 3 aliphatic heterocycles. The predicted octanol–water partition coefficient (Wildman–Crippen LogP) is 3.57. The van der Waals surface area contributed by atoms with E-state index in [1.807, 2.05) is 29.2 Å². The van der Waals surface area contributed by atoms with Crippen molar-refractivity contribution in [1.29, 1.82) is 0 Å². The molecule has 0 bridgehead atoms. The van der Waals surface area contributed by atoms with Gasteiger partial charge in [-0.1, -0.05) is 23.8 Å². The van der Waals surface area contributed by atoms with Gasteiger partial charge in [0.25, 0.3) is 5.91 Å². The van der Waals surface area contributed by atoms with Crippen molar-refractivity contribution in [2.24, 2.45) is 0 Å². The molecular formula is C23H24N2O3. The van der Waals surface area contributed by atoms with Crippen molar-refractivity contribution >= 4 is 17.7 Å². The highest BCUT2D eigenvalue weighted by Gasteiger charge is 2.43. The molecule has 0 aliphatic carbocycles. The van der Waals surface area contributed by atoms with E-state index in [1.54, 1.807) is 6.08 Å². The van der Waals surface area contributed by atoms with E-state index in [-0.39, 0.29) is 18.7 Å². The number of ether oxygens (including phenoxy) is 2. The number of piperidine rings is 1. The lowest BCUT2D eigenvalue weighted by atomic mass is 9.89. The first-order valence-corrected chi connectivity index (χ1v) is 9.80. The first-order chi connectivity index (χ1) is 13.6. The highest BCUT2D eigenvalue weighted by atomic mass is 16.7. The highest BCUT2D eigenvalue weighted by molar-refractivity contribution is 6.06. The Kier molecular flexibility index (Phi) is 4.13. The van der Waals surface area contributed by atoms with E-state index in [2.05, 4.69) is 37.1 Å². The van der Waals surface area contributed by atoms with Crippen molar-refractivity contribution in [3.05, 3.63) is 59.2 Å². The summed E-state index contributed by atoms with van der Waals surface area (Å²) in [7, 11) is 2.16. The highest BCUT2D eigenvalue weighted by Crippen LogP contribution is 2.45. The van der Waals surface area contributed by atoms with Gasteiger partial charge in [-0.3, -0.25) is 4.79 Å². The quantitative estimate of drug-likeness (QED) is 0.752. The molecule has 0 saturated carbocycles. The van der Waals surface area contributed by atoms with E-state index in [9.17, 15) is 4.79 Å². The first-order valence-electron chi connectivity index (χ1n) is 9.80. The molecule has 1 saturated heterocycles. The molecule has 3 heterocycles. The second-order valence-electron chi connectivity index (χ2n) is 7.94. The van der Waals surface area contributed by atoms with Gasteiger partial charge in [-0.15, -0.1) is 0 Å². The van der Waals surface area contributed by atoms with E-state index in [0.29, 0.717) is 5.92 Å². The van der Waals surface area contributed by atoms with E-state index in [0.717, 1.165) is 42.3 Å². The number of rotatable bonds is 2. The van der Waals surface area contributed by atoms with Crippen LogP contribution >= 0.6 is 0 Å². The van der Waals surface area contributed by atoms with Crippen LogP contribution in [0.5, 0.6) is 11.5 Å². The number of carbonyl (C=O) groups is 1. The first kappa shape index (κ1) is 17.3. The molecule has 1 amide bonds. The van der Waals surface area contributed by atoms with Gasteiger partial charge in [0.2, 0.25) is 6.79 Å². The minimum Gasteiger partial charge on any atom is -0.454 e. The maximum absolute atomic E-state index is 13.2. The molecular weight excluding hydrogens is 352 g/mol. The topological polar surface area (TPSA) is 42.0 Å². The van der Waals surface area contributed by atoms with Gasteiger partial charge in [-0.2, -0.15) is 0 Å². The van der Waals surface area contributed by atoms with E-state index >= 15 is 0 Å². The zero-order chi connectivity index (χ0) is 19.3. The molecule has 5 rings (SSSR count). The molecule has 28 heavy (non-hydrogen) atoms. The molecule has 5 nitrogen and oxygen atoms in total. The van der Waals surface area contributed by atoms with Crippen LogP contribution in [0, 0.1) is 6.92 Å².